The van der Waals surface area contributed by atoms with Gasteiger partial charge in [0.15, 0.2) is 0 Å². The largest absolute Gasteiger partial charge is 0.353 e. The zero-order valence-electron chi connectivity index (χ0n) is 12.5. The monoisotopic (exact) mass is 261 g/mol. The van der Waals surface area contributed by atoms with Gasteiger partial charge in [0, 0.05) is 18.8 Å². The van der Waals surface area contributed by atoms with E-state index in [-0.39, 0.29) is 0 Å². The van der Waals surface area contributed by atoms with Crippen LogP contribution in [0.4, 0.5) is 5.82 Å². The predicted molar refractivity (Wildman–Crippen MR) is 81.6 cm³/mol. The number of aryl methyl sites for hydroxylation is 1. The first-order valence-corrected chi connectivity index (χ1v) is 7.54. The summed E-state index contributed by atoms with van der Waals surface area (Å²) in [5, 5.41) is 0. The summed E-state index contributed by atoms with van der Waals surface area (Å²) in [6, 6.07) is 2.98. The third kappa shape index (κ3) is 3.93. The second-order valence-corrected chi connectivity index (χ2v) is 6.13. The van der Waals surface area contributed by atoms with Crippen LogP contribution >= 0.6 is 0 Å². The fourth-order valence-electron chi connectivity index (χ4n) is 2.47. The molecule has 0 aromatic carbocycles. The normalized spacial score (nSPS) is 15.0. The number of aromatic nitrogens is 1. The fourth-order valence-corrected chi connectivity index (χ4v) is 2.47. The maximum atomic E-state index is 5.61. The first-order valence-electron chi connectivity index (χ1n) is 7.54. The van der Waals surface area contributed by atoms with Crippen LogP contribution in [0.3, 0.4) is 0 Å². The summed E-state index contributed by atoms with van der Waals surface area (Å²) in [4.78, 5) is 7.22. The molecule has 1 fully saturated rings. The lowest BCUT2D eigenvalue weighted by atomic mass is 10.1. The number of hydrogen-bond donors (Lipinski definition) is 1. The number of rotatable bonds is 7. The molecule has 0 aliphatic heterocycles. The van der Waals surface area contributed by atoms with E-state index in [2.05, 4.69) is 31.7 Å². The Morgan fingerprint density at radius 3 is 2.68 bits per heavy atom. The van der Waals surface area contributed by atoms with Crippen LogP contribution in [0.15, 0.2) is 12.3 Å². The Labute approximate surface area is 117 Å². The minimum atomic E-state index is 0.695. The second kappa shape index (κ2) is 6.38. The van der Waals surface area contributed by atoms with Crippen molar-refractivity contribution in [2.24, 2.45) is 11.7 Å². The highest BCUT2D eigenvalue weighted by Gasteiger charge is 2.30. The zero-order valence-corrected chi connectivity index (χ0v) is 12.5. The summed E-state index contributed by atoms with van der Waals surface area (Å²) >= 11 is 0. The highest BCUT2D eigenvalue weighted by Crippen LogP contribution is 2.32. The summed E-state index contributed by atoms with van der Waals surface area (Å²) in [5.74, 6) is 1.93. The minimum Gasteiger partial charge on any atom is -0.353 e. The first-order chi connectivity index (χ1) is 9.11. The van der Waals surface area contributed by atoms with Gasteiger partial charge in [-0.05, 0) is 56.2 Å². The van der Waals surface area contributed by atoms with Crippen molar-refractivity contribution >= 4 is 5.82 Å². The fraction of sp³-hybridized carbons (Fsp3) is 0.688. The number of nitrogens with two attached hydrogens (primary N) is 1. The van der Waals surface area contributed by atoms with E-state index in [9.17, 15) is 0 Å². The Bertz CT molecular complexity index is 410. The molecule has 0 spiro atoms. The second-order valence-electron chi connectivity index (χ2n) is 6.13. The van der Waals surface area contributed by atoms with Crippen molar-refractivity contribution in [1.82, 2.24) is 4.98 Å². The molecule has 0 amide bonds. The molecule has 1 heterocycles. The van der Waals surface area contributed by atoms with Crippen molar-refractivity contribution in [3.63, 3.8) is 0 Å². The van der Waals surface area contributed by atoms with Gasteiger partial charge in [0.25, 0.3) is 0 Å². The van der Waals surface area contributed by atoms with Crippen LogP contribution in [0, 0.1) is 12.8 Å². The van der Waals surface area contributed by atoms with Gasteiger partial charge in [0.05, 0.1) is 0 Å². The molecule has 0 radical (unpaired) electrons. The quantitative estimate of drug-likeness (QED) is 0.820. The van der Waals surface area contributed by atoms with E-state index < -0.39 is 0 Å². The molecule has 0 bridgehead atoms. The van der Waals surface area contributed by atoms with E-state index >= 15 is 0 Å². The maximum Gasteiger partial charge on any atom is 0.131 e. The molecule has 1 aliphatic rings. The van der Waals surface area contributed by atoms with E-state index in [0.717, 1.165) is 24.9 Å². The van der Waals surface area contributed by atoms with Crippen LogP contribution in [0.5, 0.6) is 0 Å². The molecular weight excluding hydrogens is 234 g/mol. The number of nitrogens with zero attached hydrogens (tertiary/aromatic N) is 2. The lowest BCUT2D eigenvalue weighted by molar-refractivity contribution is 0.568. The summed E-state index contributed by atoms with van der Waals surface area (Å²) in [5.41, 5.74) is 8.16. The molecule has 1 saturated carbocycles. The molecule has 0 saturated heterocycles. The van der Waals surface area contributed by atoms with Crippen molar-refractivity contribution in [3.8, 4) is 0 Å². The van der Waals surface area contributed by atoms with Crippen molar-refractivity contribution in [3.05, 3.63) is 23.4 Å². The van der Waals surface area contributed by atoms with Crippen molar-refractivity contribution in [1.29, 1.82) is 0 Å². The average Bonchev–Trinajstić information content (AvgIpc) is 3.16. The molecule has 0 atom stereocenters. The molecule has 0 unspecified atom stereocenters. The van der Waals surface area contributed by atoms with Crippen molar-refractivity contribution < 1.29 is 0 Å². The molecule has 3 nitrogen and oxygen atoms in total. The van der Waals surface area contributed by atoms with Gasteiger partial charge in [0.2, 0.25) is 0 Å². The summed E-state index contributed by atoms with van der Waals surface area (Å²) in [6.07, 6.45) is 6.80. The van der Waals surface area contributed by atoms with Gasteiger partial charge >= 0.3 is 0 Å². The zero-order chi connectivity index (χ0) is 13.8. The Morgan fingerprint density at radius 2 is 2.16 bits per heavy atom. The third-order valence-electron chi connectivity index (χ3n) is 3.75. The SMILES string of the molecule is Cc1cc(CCN)cnc1N(CCC(C)C)C1CC1. The number of anilines is 1. The number of hydrogen-bond acceptors (Lipinski definition) is 3. The standard InChI is InChI=1S/C16H27N3/c1-12(2)7-9-19(15-4-5-15)16-13(3)10-14(6-8-17)11-18-16/h10-12,15H,4-9,17H2,1-3H3. The maximum absolute atomic E-state index is 5.61. The topological polar surface area (TPSA) is 42.1 Å². The minimum absolute atomic E-state index is 0.695. The molecule has 19 heavy (non-hydrogen) atoms. The van der Waals surface area contributed by atoms with Gasteiger partial charge in [-0.3, -0.25) is 0 Å². The number of pyridine rings is 1. The van der Waals surface area contributed by atoms with Gasteiger partial charge in [-0.2, -0.15) is 0 Å². The van der Waals surface area contributed by atoms with Gasteiger partial charge in [-0.15, -0.1) is 0 Å². The molecule has 1 aromatic rings. The predicted octanol–water partition coefficient (Wildman–Crippen LogP) is 2.91. The molecule has 1 aromatic heterocycles. The summed E-state index contributed by atoms with van der Waals surface area (Å²) < 4.78 is 0. The molecule has 106 valence electrons. The average molecular weight is 261 g/mol. The van der Waals surface area contributed by atoms with Crippen LogP contribution in [0.25, 0.3) is 0 Å². The lowest BCUT2D eigenvalue weighted by Crippen LogP contribution is -2.29. The third-order valence-corrected chi connectivity index (χ3v) is 3.75. The van der Waals surface area contributed by atoms with Crippen LogP contribution < -0.4 is 10.6 Å². The van der Waals surface area contributed by atoms with Gasteiger partial charge in [-0.1, -0.05) is 19.9 Å². The highest BCUT2D eigenvalue weighted by molar-refractivity contribution is 5.49. The van der Waals surface area contributed by atoms with E-state index in [1.807, 2.05) is 6.20 Å². The molecule has 2 rings (SSSR count). The highest BCUT2D eigenvalue weighted by atomic mass is 15.2. The Morgan fingerprint density at radius 1 is 1.42 bits per heavy atom. The van der Waals surface area contributed by atoms with Crippen molar-refractivity contribution in [2.45, 2.75) is 52.5 Å². The van der Waals surface area contributed by atoms with E-state index in [4.69, 9.17) is 10.7 Å². The van der Waals surface area contributed by atoms with Gasteiger partial charge < -0.3 is 10.6 Å². The van der Waals surface area contributed by atoms with Gasteiger partial charge in [-0.25, -0.2) is 4.98 Å². The van der Waals surface area contributed by atoms with Crippen LogP contribution in [0.2, 0.25) is 0 Å². The smallest absolute Gasteiger partial charge is 0.131 e. The Hall–Kier alpha value is -1.09. The van der Waals surface area contributed by atoms with Crippen LogP contribution in [-0.4, -0.2) is 24.1 Å². The lowest BCUT2D eigenvalue weighted by Gasteiger charge is -2.26. The van der Waals surface area contributed by atoms with E-state index in [1.54, 1.807) is 0 Å². The van der Waals surface area contributed by atoms with Crippen molar-refractivity contribution in [2.75, 3.05) is 18.0 Å². The molecule has 2 N–H and O–H groups in total. The van der Waals surface area contributed by atoms with E-state index in [0.29, 0.717) is 6.54 Å². The summed E-state index contributed by atoms with van der Waals surface area (Å²) in [7, 11) is 0. The van der Waals surface area contributed by atoms with Gasteiger partial charge in [0.1, 0.15) is 5.82 Å². The Balaban J connectivity index is 2.12. The summed E-state index contributed by atoms with van der Waals surface area (Å²) in [6.45, 7) is 8.57. The molecule has 1 aliphatic carbocycles. The molecule has 3 heteroatoms. The van der Waals surface area contributed by atoms with Crippen LogP contribution in [-0.2, 0) is 6.42 Å². The van der Waals surface area contributed by atoms with E-state index in [1.165, 1.54) is 36.2 Å². The molecular formula is C16H27N3. The Kier molecular flexibility index (Phi) is 4.81. The van der Waals surface area contributed by atoms with Crippen LogP contribution in [0.1, 0.15) is 44.2 Å². The first kappa shape index (κ1) is 14.3.